The van der Waals surface area contributed by atoms with Crippen LogP contribution in [0.1, 0.15) is 84.4 Å². The van der Waals surface area contributed by atoms with Crippen molar-refractivity contribution in [2.24, 2.45) is 0 Å². The van der Waals surface area contributed by atoms with E-state index in [1.165, 1.54) is 5.57 Å². The number of ether oxygens (including phenoxy) is 2. The Morgan fingerprint density at radius 1 is 1.12 bits per heavy atom. The van der Waals surface area contributed by atoms with Crippen LogP contribution in [0.25, 0.3) is 0 Å². The Morgan fingerprint density at radius 2 is 1.85 bits per heavy atom. The van der Waals surface area contributed by atoms with Crippen LogP contribution in [0.15, 0.2) is 17.7 Å². The van der Waals surface area contributed by atoms with Crippen molar-refractivity contribution in [1.82, 2.24) is 14.8 Å². The van der Waals surface area contributed by atoms with Crippen molar-refractivity contribution in [1.29, 1.82) is 0 Å². The Morgan fingerprint density at radius 3 is 2.46 bits per heavy atom. The quantitative estimate of drug-likeness (QED) is 0.453. The van der Waals surface area contributed by atoms with Crippen LogP contribution in [-0.2, 0) is 9.47 Å². The molecule has 1 spiro atoms. The highest BCUT2D eigenvalue weighted by Crippen LogP contribution is 2.49. The molecule has 5 atom stereocenters. The number of pyridine rings is 1. The summed E-state index contributed by atoms with van der Waals surface area (Å²) in [6.45, 7) is 17.1. The highest BCUT2D eigenvalue weighted by Gasteiger charge is 2.49. The molecular formula is C31H45F2N5O3. The van der Waals surface area contributed by atoms with E-state index in [2.05, 4.69) is 52.6 Å². The van der Waals surface area contributed by atoms with Gasteiger partial charge in [0, 0.05) is 81.1 Å². The number of anilines is 2. The number of rotatable bonds is 3. The van der Waals surface area contributed by atoms with E-state index >= 15 is 0 Å². The number of piperazine rings is 1. The van der Waals surface area contributed by atoms with Crippen molar-refractivity contribution in [3.63, 3.8) is 0 Å². The van der Waals surface area contributed by atoms with E-state index in [1.807, 2.05) is 20.8 Å². The first kappa shape index (κ1) is 28.6. The summed E-state index contributed by atoms with van der Waals surface area (Å²) in [5.74, 6) is 0.660. The summed E-state index contributed by atoms with van der Waals surface area (Å²) in [5.41, 5.74) is 2.13. The minimum Gasteiger partial charge on any atom is -0.444 e. The lowest BCUT2D eigenvalue weighted by Gasteiger charge is -2.58. The molecule has 1 amide bonds. The molecule has 8 nitrogen and oxygen atoms in total. The van der Waals surface area contributed by atoms with Gasteiger partial charge in [0.2, 0.25) is 0 Å². The lowest BCUT2D eigenvalue weighted by atomic mass is 9.77. The van der Waals surface area contributed by atoms with E-state index in [0.717, 1.165) is 51.1 Å². The predicted octanol–water partition coefficient (Wildman–Crippen LogP) is 5.34. The largest absolute Gasteiger partial charge is 0.444 e. The fraction of sp³-hybridized carbons (Fsp3) is 0.742. The molecule has 5 aliphatic heterocycles. The molecule has 1 aromatic heterocycles. The molecule has 3 fully saturated rings. The normalized spacial score (nSPS) is 32.1. The molecule has 0 aliphatic carbocycles. The van der Waals surface area contributed by atoms with Crippen LogP contribution in [0.3, 0.4) is 0 Å². The number of hydrogen-bond acceptors (Lipinski definition) is 7. The zero-order valence-electron chi connectivity index (χ0n) is 25.3. The molecule has 3 saturated heterocycles. The summed E-state index contributed by atoms with van der Waals surface area (Å²) >= 11 is 0. The standard InChI is InChI=1S/C31H45F2N5O3/c1-19-15-22-24(35-10-12-36(13-11-35)29(39)41-30(4,5)6)18-38(22)23-16-25(34-27(26(19)23)28(32)33)37-9-8-31(17-21(37)3)20(2)7-14-40-31/h7,16,19,21-22,24,28H,8-15,17-18H2,1-6H3/t19-,21+,22-,24?,31?/m0/s1. The number of aromatic nitrogens is 1. The summed E-state index contributed by atoms with van der Waals surface area (Å²) in [7, 11) is 0. The third-order valence-electron chi connectivity index (χ3n) is 10.00. The van der Waals surface area contributed by atoms with Crippen LogP contribution in [0.4, 0.5) is 25.1 Å². The monoisotopic (exact) mass is 573 g/mol. The zero-order chi connectivity index (χ0) is 29.3. The summed E-state index contributed by atoms with van der Waals surface area (Å²) in [4.78, 5) is 26.0. The number of hydrogen-bond donors (Lipinski definition) is 0. The van der Waals surface area contributed by atoms with Gasteiger partial charge in [0.05, 0.1) is 12.2 Å². The Hall–Kier alpha value is -2.46. The molecule has 226 valence electrons. The van der Waals surface area contributed by atoms with E-state index in [1.54, 1.807) is 4.90 Å². The van der Waals surface area contributed by atoms with Gasteiger partial charge in [0.1, 0.15) is 17.1 Å². The molecule has 1 aromatic rings. The second-order valence-electron chi connectivity index (χ2n) is 13.7. The van der Waals surface area contributed by atoms with Gasteiger partial charge in [0.15, 0.2) is 0 Å². The van der Waals surface area contributed by atoms with E-state index in [-0.39, 0.29) is 35.4 Å². The molecule has 10 heteroatoms. The van der Waals surface area contributed by atoms with Crippen LogP contribution < -0.4 is 9.80 Å². The van der Waals surface area contributed by atoms with Gasteiger partial charge in [-0.2, -0.15) is 0 Å². The van der Waals surface area contributed by atoms with Crippen molar-refractivity contribution in [2.45, 2.75) is 102 Å². The average Bonchev–Trinajstić information content (AvgIpc) is 3.23. The number of alkyl halides is 2. The van der Waals surface area contributed by atoms with Gasteiger partial charge >= 0.3 is 6.09 Å². The number of amides is 1. The third kappa shape index (κ3) is 5.09. The summed E-state index contributed by atoms with van der Waals surface area (Å²) in [6, 6.07) is 2.82. The lowest BCUT2D eigenvalue weighted by Crippen LogP contribution is -2.70. The molecule has 41 heavy (non-hydrogen) atoms. The summed E-state index contributed by atoms with van der Waals surface area (Å²) in [6.07, 6.45) is 1.79. The Bertz CT molecular complexity index is 1210. The average molecular weight is 574 g/mol. The van der Waals surface area contributed by atoms with Crippen LogP contribution in [0.5, 0.6) is 0 Å². The number of fused-ring (bicyclic) bond motifs is 3. The molecule has 0 N–H and O–H groups in total. The Kier molecular flexibility index (Phi) is 7.24. The van der Waals surface area contributed by atoms with E-state index in [4.69, 9.17) is 9.47 Å². The van der Waals surface area contributed by atoms with E-state index < -0.39 is 12.0 Å². The Balaban J connectivity index is 1.19. The third-order valence-corrected chi connectivity index (χ3v) is 10.00. The van der Waals surface area contributed by atoms with Crippen molar-refractivity contribution >= 4 is 17.6 Å². The lowest BCUT2D eigenvalue weighted by molar-refractivity contribution is -0.00867. The first-order chi connectivity index (χ1) is 19.4. The van der Waals surface area contributed by atoms with Gasteiger partial charge in [-0.05, 0) is 59.0 Å². The minimum absolute atomic E-state index is 0.00405. The maximum Gasteiger partial charge on any atom is 0.410 e. The molecule has 0 bridgehead atoms. The molecule has 0 saturated carbocycles. The summed E-state index contributed by atoms with van der Waals surface area (Å²) in [5, 5.41) is 0. The maximum atomic E-state index is 14.5. The molecule has 0 aromatic carbocycles. The maximum absolute atomic E-state index is 14.5. The fourth-order valence-electron chi connectivity index (χ4n) is 7.76. The van der Waals surface area contributed by atoms with Crippen LogP contribution >= 0.6 is 0 Å². The minimum atomic E-state index is -2.62. The number of halogens is 2. The van der Waals surface area contributed by atoms with Crippen molar-refractivity contribution in [3.8, 4) is 0 Å². The van der Waals surface area contributed by atoms with E-state index in [9.17, 15) is 13.6 Å². The number of nitrogens with zero attached hydrogens (tertiary/aromatic N) is 5. The van der Waals surface area contributed by atoms with Gasteiger partial charge in [0.25, 0.3) is 6.43 Å². The smallest absolute Gasteiger partial charge is 0.410 e. The number of carbonyl (C=O) groups excluding carboxylic acids is 1. The van der Waals surface area contributed by atoms with Crippen molar-refractivity contribution in [3.05, 3.63) is 29.0 Å². The second kappa shape index (κ2) is 10.4. The first-order valence-corrected chi connectivity index (χ1v) is 15.3. The van der Waals surface area contributed by atoms with Crippen molar-refractivity contribution in [2.75, 3.05) is 55.7 Å². The van der Waals surface area contributed by atoms with Gasteiger partial charge in [-0.15, -0.1) is 0 Å². The highest BCUT2D eigenvalue weighted by molar-refractivity contribution is 5.69. The number of piperidine rings is 1. The molecule has 0 radical (unpaired) electrons. The fourth-order valence-corrected chi connectivity index (χ4v) is 7.76. The highest BCUT2D eigenvalue weighted by atomic mass is 19.3. The van der Waals surface area contributed by atoms with Crippen LogP contribution in [-0.4, -0.2) is 96.1 Å². The van der Waals surface area contributed by atoms with Gasteiger partial charge in [-0.25, -0.2) is 18.6 Å². The van der Waals surface area contributed by atoms with E-state index in [0.29, 0.717) is 37.1 Å². The van der Waals surface area contributed by atoms with Crippen LogP contribution in [0, 0.1) is 0 Å². The second-order valence-corrected chi connectivity index (χ2v) is 13.7. The van der Waals surface area contributed by atoms with Gasteiger partial charge < -0.3 is 24.2 Å². The van der Waals surface area contributed by atoms with Gasteiger partial charge in [-0.3, -0.25) is 4.90 Å². The van der Waals surface area contributed by atoms with Crippen LogP contribution in [0.2, 0.25) is 0 Å². The topological polar surface area (TPSA) is 61.4 Å². The number of carbonyl (C=O) groups is 1. The molecular weight excluding hydrogens is 528 g/mol. The predicted molar refractivity (Wildman–Crippen MR) is 155 cm³/mol. The first-order valence-electron chi connectivity index (χ1n) is 15.3. The zero-order valence-corrected chi connectivity index (χ0v) is 25.3. The SMILES string of the molecule is CC1=CCOC12CCN(c1cc3c(c(C(F)F)n1)[C@@H](C)C[C@H]1C(N4CCN(C(=O)OC(C)(C)C)CC4)CN31)[C@H](C)C2. The Labute approximate surface area is 242 Å². The molecule has 6 heterocycles. The van der Waals surface area contributed by atoms with Gasteiger partial charge in [-0.1, -0.05) is 13.0 Å². The molecule has 2 unspecified atom stereocenters. The molecule has 5 aliphatic rings. The van der Waals surface area contributed by atoms with Crippen molar-refractivity contribution < 1.29 is 23.0 Å². The summed E-state index contributed by atoms with van der Waals surface area (Å²) < 4.78 is 40.7. The molecule has 6 rings (SSSR count).